The van der Waals surface area contributed by atoms with Gasteiger partial charge in [-0.2, -0.15) is 4.98 Å². The van der Waals surface area contributed by atoms with Crippen molar-refractivity contribution in [3.05, 3.63) is 78.2 Å². The molecule has 0 aliphatic rings. The Hall–Kier alpha value is -4.27. The quantitative estimate of drug-likeness (QED) is 0.477. The molecule has 4 rings (SSSR count). The lowest BCUT2D eigenvalue weighted by atomic mass is 10.2. The summed E-state index contributed by atoms with van der Waals surface area (Å²) in [6.07, 6.45) is 1.72. The molecule has 0 saturated carbocycles. The molecule has 0 spiro atoms. The topological polar surface area (TPSA) is 99.2 Å². The number of anilines is 1. The van der Waals surface area contributed by atoms with E-state index in [1.165, 1.54) is 19.2 Å². The molecule has 9 heteroatoms. The first-order valence-corrected chi connectivity index (χ1v) is 9.27. The van der Waals surface area contributed by atoms with Gasteiger partial charge in [0.2, 0.25) is 11.7 Å². The van der Waals surface area contributed by atoms with E-state index in [9.17, 15) is 14.0 Å². The molecule has 0 aliphatic heterocycles. The first-order chi connectivity index (χ1) is 15.0. The van der Waals surface area contributed by atoms with Crippen molar-refractivity contribution in [1.29, 1.82) is 0 Å². The average molecular weight is 420 g/mol. The lowest BCUT2D eigenvalue weighted by Gasteiger charge is -2.08. The predicted octanol–water partition coefficient (Wildman–Crippen LogP) is 3.77. The second-order valence-electron chi connectivity index (χ2n) is 6.57. The zero-order valence-electron chi connectivity index (χ0n) is 16.4. The fourth-order valence-corrected chi connectivity index (χ4v) is 2.95. The van der Waals surface area contributed by atoms with Crippen LogP contribution in [0.3, 0.4) is 0 Å². The van der Waals surface area contributed by atoms with Crippen LogP contribution >= 0.6 is 0 Å². The highest BCUT2D eigenvalue weighted by Crippen LogP contribution is 2.23. The summed E-state index contributed by atoms with van der Waals surface area (Å²) in [6, 6.07) is 15.6. The molecule has 2 aromatic heterocycles. The van der Waals surface area contributed by atoms with E-state index in [-0.39, 0.29) is 24.2 Å². The zero-order chi connectivity index (χ0) is 21.8. The molecule has 31 heavy (non-hydrogen) atoms. The number of aromatic nitrogens is 3. The van der Waals surface area contributed by atoms with Gasteiger partial charge in [0.25, 0.3) is 5.89 Å². The summed E-state index contributed by atoms with van der Waals surface area (Å²) < 4.78 is 24.8. The van der Waals surface area contributed by atoms with Gasteiger partial charge in [-0.15, -0.1) is 0 Å². The van der Waals surface area contributed by atoms with Crippen LogP contribution in [0.1, 0.15) is 10.4 Å². The molecule has 2 aromatic carbocycles. The third kappa shape index (κ3) is 4.50. The Kier molecular flexibility index (Phi) is 5.57. The molecule has 8 nitrogen and oxygen atoms in total. The number of carbonyl (C=O) groups excluding carboxylic acids is 2. The monoisotopic (exact) mass is 420 g/mol. The van der Waals surface area contributed by atoms with Gasteiger partial charge in [-0.05, 0) is 60.7 Å². The maximum absolute atomic E-state index is 13.1. The first kappa shape index (κ1) is 20.0. The van der Waals surface area contributed by atoms with Crippen LogP contribution in [-0.4, -0.2) is 33.7 Å². The van der Waals surface area contributed by atoms with Crippen molar-refractivity contribution in [3.63, 3.8) is 0 Å². The standard InChI is InChI=1S/C22H17FN4O4/c1-30-22(29)15-6-10-17(11-7-15)24-19(28)13-27-12-2-3-18(27)21-25-20(26-31-21)14-4-8-16(23)9-5-14/h2-12H,13H2,1H3,(H,24,28). The molecule has 0 fully saturated rings. The number of methoxy groups -OCH3 is 1. The number of carbonyl (C=O) groups is 2. The average Bonchev–Trinajstić information content (AvgIpc) is 3.43. The number of amides is 1. The smallest absolute Gasteiger partial charge is 0.337 e. The summed E-state index contributed by atoms with van der Waals surface area (Å²) in [5.41, 5.74) is 2.11. The molecular formula is C22H17FN4O4. The molecule has 1 amide bonds. The predicted molar refractivity (Wildman–Crippen MR) is 110 cm³/mol. The van der Waals surface area contributed by atoms with Crippen LogP contribution in [0.2, 0.25) is 0 Å². The number of halogens is 1. The van der Waals surface area contributed by atoms with Crippen LogP contribution in [0.15, 0.2) is 71.4 Å². The van der Waals surface area contributed by atoms with Crippen LogP contribution in [0.25, 0.3) is 23.0 Å². The number of hydrogen-bond donors (Lipinski definition) is 1. The van der Waals surface area contributed by atoms with Crippen LogP contribution in [0.5, 0.6) is 0 Å². The Labute approximate surface area is 176 Å². The zero-order valence-corrected chi connectivity index (χ0v) is 16.4. The van der Waals surface area contributed by atoms with Crippen molar-refractivity contribution in [1.82, 2.24) is 14.7 Å². The van der Waals surface area contributed by atoms with Crippen molar-refractivity contribution in [2.75, 3.05) is 12.4 Å². The van der Waals surface area contributed by atoms with E-state index in [4.69, 9.17) is 4.52 Å². The van der Waals surface area contributed by atoms with Gasteiger partial charge < -0.3 is 19.1 Å². The molecule has 0 aliphatic carbocycles. The minimum Gasteiger partial charge on any atom is -0.465 e. The maximum Gasteiger partial charge on any atom is 0.337 e. The summed E-state index contributed by atoms with van der Waals surface area (Å²) >= 11 is 0. The number of nitrogens with one attached hydrogen (secondary N) is 1. The number of ether oxygens (including phenoxy) is 1. The van der Waals surface area contributed by atoms with Gasteiger partial charge in [0.05, 0.1) is 12.7 Å². The molecule has 0 atom stereocenters. The largest absolute Gasteiger partial charge is 0.465 e. The summed E-state index contributed by atoms with van der Waals surface area (Å²) in [5.74, 6) is -0.527. The Morgan fingerprint density at radius 2 is 1.84 bits per heavy atom. The van der Waals surface area contributed by atoms with Gasteiger partial charge >= 0.3 is 5.97 Å². The van der Waals surface area contributed by atoms with Crippen molar-refractivity contribution in [2.45, 2.75) is 6.54 Å². The van der Waals surface area contributed by atoms with E-state index < -0.39 is 5.97 Å². The minimum absolute atomic E-state index is 0.00927. The van der Waals surface area contributed by atoms with Crippen LogP contribution < -0.4 is 5.32 Å². The molecule has 0 bridgehead atoms. The highest BCUT2D eigenvalue weighted by atomic mass is 19.1. The first-order valence-electron chi connectivity index (χ1n) is 9.27. The normalized spacial score (nSPS) is 10.6. The summed E-state index contributed by atoms with van der Waals surface area (Å²) in [5, 5.41) is 6.69. The van der Waals surface area contributed by atoms with E-state index in [1.807, 2.05) is 0 Å². The Balaban J connectivity index is 1.46. The molecule has 2 heterocycles. The van der Waals surface area contributed by atoms with E-state index in [1.54, 1.807) is 59.3 Å². The maximum atomic E-state index is 13.1. The molecule has 0 unspecified atom stereocenters. The Bertz CT molecular complexity index is 1210. The number of benzene rings is 2. The van der Waals surface area contributed by atoms with Gasteiger partial charge in [0, 0.05) is 17.4 Å². The summed E-state index contributed by atoms with van der Waals surface area (Å²) in [6.45, 7) is 0.00927. The van der Waals surface area contributed by atoms with Crippen molar-refractivity contribution < 1.29 is 23.2 Å². The molecule has 0 radical (unpaired) electrons. The molecular weight excluding hydrogens is 403 g/mol. The molecule has 1 N–H and O–H groups in total. The van der Waals surface area contributed by atoms with Crippen molar-refractivity contribution >= 4 is 17.6 Å². The second kappa shape index (κ2) is 8.62. The Morgan fingerprint density at radius 1 is 1.10 bits per heavy atom. The van der Waals surface area contributed by atoms with Crippen molar-refractivity contribution in [3.8, 4) is 23.0 Å². The lowest BCUT2D eigenvalue weighted by Crippen LogP contribution is -2.18. The van der Waals surface area contributed by atoms with Gasteiger partial charge in [0.15, 0.2) is 0 Å². The Morgan fingerprint density at radius 3 is 2.55 bits per heavy atom. The van der Waals surface area contributed by atoms with Crippen LogP contribution in [-0.2, 0) is 16.1 Å². The van der Waals surface area contributed by atoms with Gasteiger partial charge in [-0.3, -0.25) is 4.79 Å². The van der Waals surface area contributed by atoms with Gasteiger partial charge in [0.1, 0.15) is 18.1 Å². The molecule has 0 saturated heterocycles. The minimum atomic E-state index is -0.450. The van der Waals surface area contributed by atoms with Crippen LogP contribution in [0.4, 0.5) is 10.1 Å². The second-order valence-corrected chi connectivity index (χ2v) is 6.57. The van der Waals surface area contributed by atoms with Gasteiger partial charge in [-0.1, -0.05) is 5.16 Å². The van der Waals surface area contributed by atoms with E-state index >= 15 is 0 Å². The fraction of sp³-hybridized carbons (Fsp3) is 0.0909. The SMILES string of the molecule is COC(=O)c1ccc(NC(=O)Cn2cccc2-c2nc(-c3ccc(F)cc3)no2)cc1. The highest BCUT2D eigenvalue weighted by molar-refractivity contribution is 5.93. The van der Waals surface area contributed by atoms with Crippen molar-refractivity contribution in [2.24, 2.45) is 0 Å². The molecule has 4 aromatic rings. The van der Waals surface area contributed by atoms with E-state index in [2.05, 4.69) is 20.2 Å². The summed E-state index contributed by atoms with van der Waals surface area (Å²) in [4.78, 5) is 28.3. The van der Waals surface area contributed by atoms with Gasteiger partial charge in [-0.25, -0.2) is 9.18 Å². The van der Waals surface area contributed by atoms with E-state index in [0.717, 1.165) is 0 Å². The number of nitrogens with zero attached hydrogens (tertiary/aromatic N) is 3. The number of esters is 1. The fourth-order valence-electron chi connectivity index (χ4n) is 2.95. The third-order valence-corrected chi connectivity index (χ3v) is 4.48. The van der Waals surface area contributed by atoms with Crippen LogP contribution in [0, 0.1) is 5.82 Å². The lowest BCUT2D eigenvalue weighted by molar-refractivity contribution is -0.116. The highest BCUT2D eigenvalue weighted by Gasteiger charge is 2.16. The summed E-state index contributed by atoms with van der Waals surface area (Å²) in [7, 11) is 1.30. The third-order valence-electron chi connectivity index (χ3n) is 4.48. The number of rotatable bonds is 6. The molecule has 156 valence electrons. The van der Waals surface area contributed by atoms with E-state index in [0.29, 0.717) is 28.3 Å². The number of hydrogen-bond acceptors (Lipinski definition) is 6.